The lowest BCUT2D eigenvalue weighted by Gasteiger charge is -2.33. The predicted octanol–water partition coefficient (Wildman–Crippen LogP) is 2.22. The van der Waals surface area contributed by atoms with Crippen molar-refractivity contribution in [1.29, 1.82) is 0 Å². The molecule has 27 heavy (non-hydrogen) atoms. The molecular weight excluding hydrogens is 342 g/mol. The van der Waals surface area contributed by atoms with Gasteiger partial charge in [-0.25, -0.2) is 9.67 Å². The second-order valence-corrected chi connectivity index (χ2v) is 6.58. The van der Waals surface area contributed by atoms with E-state index in [1.165, 1.54) is 7.11 Å². The van der Waals surface area contributed by atoms with Gasteiger partial charge in [0.15, 0.2) is 5.96 Å². The minimum atomic E-state index is -0.105. The average Bonchev–Trinajstić information content (AvgIpc) is 3.26. The topological polar surface area (TPSA) is 71.8 Å². The normalized spacial score (nSPS) is 15.6. The zero-order chi connectivity index (χ0) is 19.1. The highest BCUT2D eigenvalue weighted by Crippen LogP contribution is 2.19. The molecule has 7 nitrogen and oxygen atoms in total. The summed E-state index contributed by atoms with van der Waals surface area (Å²) in [5, 5.41) is 7.64. The Kier molecular flexibility index (Phi) is 6.46. The molecule has 7 heteroatoms. The summed E-state index contributed by atoms with van der Waals surface area (Å²) in [4.78, 5) is 18.7. The summed E-state index contributed by atoms with van der Waals surface area (Å²) < 4.78 is 6.71. The van der Waals surface area contributed by atoms with Crippen LogP contribution in [0.4, 0.5) is 0 Å². The Hall–Kier alpha value is -2.83. The number of rotatable bonds is 5. The summed E-state index contributed by atoms with van der Waals surface area (Å²) in [6.07, 6.45) is 5.29. The van der Waals surface area contributed by atoms with Crippen molar-refractivity contribution in [2.45, 2.75) is 26.3 Å². The van der Waals surface area contributed by atoms with E-state index < -0.39 is 0 Å². The van der Waals surface area contributed by atoms with E-state index in [0.717, 1.165) is 49.7 Å². The lowest BCUT2D eigenvalue weighted by Crippen LogP contribution is -2.46. The van der Waals surface area contributed by atoms with Crippen molar-refractivity contribution >= 4 is 11.9 Å². The molecule has 0 aliphatic carbocycles. The fourth-order valence-electron chi connectivity index (χ4n) is 3.30. The van der Waals surface area contributed by atoms with Gasteiger partial charge >= 0.3 is 5.97 Å². The minimum absolute atomic E-state index is 0.000112. The molecular formula is C20H27N5O2. The van der Waals surface area contributed by atoms with E-state index in [0.29, 0.717) is 6.54 Å². The van der Waals surface area contributed by atoms with E-state index in [4.69, 9.17) is 9.73 Å². The Labute approximate surface area is 160 Å². The van der Waals surface area contributed by atoms with E-state index in [1.807, 2.05) is 29.1 Å². The zero-order valence-electron chi connectivity index (χ0n) is 16.0. The Morgan fingerprint density at radius 3 is 2.81 bits per heavy atom. The van der Waals surface area contributed by atoms with Gasteiger partial charge in [0.05, 0.1) is 25.3 Å². The zero-order valence-corrected chi connectivity index (χ0v) is 16.0. The summed E-state index contributed by atoms with van der Waals surface area (Å²) in [7, 11) is 1.46. The fourth-order valence-corrected chi connectivity index (χ4v) is 3.30. The van der Waals surface area contributed by atoms with Crippen LogP contribution in [0, 0.1) is 5.92 Å². The van der Waals surface area contributed by atoms with E-state index in [2.05, 4.69) is 34.4 Å². The number of guanidine groups is 1. The maximum Gasteiger partial charge on any atom is 0.308 e. The molecule has 0 atom stereocenters. The van der Waals surface area contributed by atoms with Crippen LogP contribution in [-0.4, -0.2) is 53.4 Å². The van der Waals surface area contributed by atoms with Gasteiger partial charge < -0.3 is 15.0 Å². The molecule has 1 aromatic heterocycles. The molecule has 0 radical (unpaired) electrons. The number of ether oxygens (including phenoxy) is 1. The highest BCUT2D eigenvalue weighted by Gasteiger charge is 2.26. The van der Waals surface area contributed by atoms with Gasteiger partial charge in [0, 0.05) is 32.0 Å². The van der Waals surface area contributed by atoms with Crippen molar-refractivity contribution in [3.8, 4) is 5.69 Å². The SMILES string of the molecule is CCNC(=NCc1cccc(-n2cccn2)c1)N1CCC(C(=O)OC)CC1. The van der Waals surface area contributed by atoms with Crippen LogP contribution in [0.2, 0.25) is 0 Å². The van der Waals surface area contributed by atoms with Gasteiger partial charge in [0.25, 0.3) is 0 Å². The number of methoxy groups -OCH3 is 1. The monoisotopic (exact) mass is 369 g/mol. The Bertz CT molecular complexity index is 764. The molecule has 0 bridgehead atoms. The average molecular weight is 369 g/mol. The molecule has 1 aliphatic rings. The summed E-state index contributed by atoms with van der Waals surface area (Å²) in [5.41, 5.74) is 2.15. The molecule has 2 aromatic rings. The third-order valence-corrected chi connectivity index (χ3v) is 4.75. The van der Waals surface area contributed by atoms with Crippen LogP contribution in [0.25, 0.3) is 5.69 Å². The summed E-state index contributed by atoms with van der Waals surface area (Å²) >= 11 is 0. The maximum atomic E-state index is 11.7. The Balaban J connectivity index is 1.66. The molecule has 1 fully saturated rings. The smallest absolute Gasteiger partial charge is 0.308 e. The Morgan fingerprint density at radius 2 is 2.15 bits per heavy atom. The number of benzene rings is 1. The van der Waals surface area contributed by atoms with E-state index >= 15 is 0 Å². The van der Waals surface area contributed by atoms with Gasteiger partial charge in [-0.1, -0.05) is 12.1 Å². The lowest BCUT2D eigenvalue weighted by molar-refractivity contribution is -0.146. The number of aliphatic imine (C=N–C) groups is 1. The number of carbonyl (C=O) groups excluding carboxylic acids is 1. The minimum Gasteiger partial charge on any atom is -0.469 e. The number of hydrogen-bond acceptors (Lipinski definition) is 4. The first-order chi connectivity index (χ1) is 13.2. The van der Waals surface area contributed by atoms with Crippen molar-refractivity contribution in [2.75, 3.05) is 26.7 Å². The quantitative estimate of drug-likeness (QED) is 0.497. The molecule has 1 aliphatic heterocycles. The van der Waals surface area contributed by atoms with Gasteiger partial charge in [-0.15, -0.1) is 0 Å². The van der Waals surface area contributed by atoms with E-state index in [1.54, 1.807) is 6.20 Å². The number of nitrogens with zero attached hydrogens (tertiary/aromatic N) is 4. The summed E-state index contributed by atoms with van der Waals surface area (Å²) in [6, 6.07) is 10.1. The van der Waals surface area contributed by atoms with Crippen LogP contribution >= 0.6 is 0 Å². The number of nitrogens with one attached hydrogen (secondary N) is 1. The molecule has 0 amide bonds. The third kappa shape index (κ3) is 4.87. The lowest BCUT2D eigenvalue weighted by atomic mass is 9.97. The second kappa shape index (κ2) is 9.21. The first-order valence-corrected chi connectivity index (χ1v) is 9.41. The molecule has 3 rings (SSSR count). The highest BCUT2D eigenvalue weighted by molar-refractivity contribution is 5.80. The highest BCUT2D eigenvalue weighted by atomic mass is 16.5. The molecule has 1 aromatic carbocycles. The van der Waals surface area contributed by atoms with Crippen molar-refractivity contribution in [2.24, 2.45) is 10.9 Å². The van der Waals surface area contributed by atoms with Gasteiger partial charge in [-0.3, -0.25) is 4.79 Å². The summed E-state index contributed by atoms with van der Waals surface area (Å²) in [5.74, 6) is 0.789. The van der Waals surface area contributed by atoms with Crippen molar-refractivity contribution in [3.05, 3.63) is 48.3 Å². The first kappa shape index (κ1) is 18.9. The number of hydrogen-bond donors (Lipinski definition) is 1. The molecule has 0 unspecified atom stereocenters. The summed E-state index contributed by atoms with van der Waals surface area (Å²) in [6.45, 7) is 5.07. The standard InChI is InChI=1S/C20H27N5O2/c1-3-21-20(24-12-8-17(9-13-24)19(26)27-2)22-15-16-6-4-7-18(14-16)25-11-5-10-23-25/h4-7,10-11,14,17H,3,8-9,12-13,15H2,1-2H3,(H,21,22). The predicted molar refractivity (Wildman–Crippen MR) is 105 cm³/mol. The van der Waals surface area contributed by atoms with Crippen LogP contribution in [0.15, 0.2) is 47.7 Å². The van der Waals surface area contributed by atoms with E-state index in [9.17, 15) is 4.79 Å². The van der Waals surface area contributed by atoms with Crippen LogP contribution < -0.4 is 5.32 Å². The van der Waals surface area contributed by atoms with E-state index in [-0.39, 0.29) is 11.9 Å². The van der Waals surface area contributed by atoms with Gasteiger partial charge in [0.2, 0.25) is 0 Å². The number of aromatic nitrogens is 2. The molecule has 2 heterocycles. The first-order valence-electron chi connectivity index (χ1n) is 9.41. The van der Waals surface area contributed by atoms with Crippen LogP contribution in [-0.2, 0) is 16.1 Å². The largest absolute Gasteiger partial charge is 0.469 e. The maximum absolute atomic E-state index is 11.7. The second-order valence-electron chi connectivity index (χ2n) is 6.58. The van der Waals surface area contributed by atoms with Crippen molar-refractivity contribution < 1.29 is 9.53 Å². The third-order valence-electron chi connectivity index (χ3n) is 4.75. The molecule has 0 saturated carbocycles. The molecule has 144 valence electrons. The number of piperidine rings is 1. The number of likely N-dealkylation sites (tertiary alicyclic amines) is 1. The van der Waals surface area contributed by atoms with Crippen molar-refractivity contribution in [3.63, 3.8) is 0 Å². The molecule has 0 spiro atoms. The van der Waals surface area contributed by atoms with Gasteiger partial charge in [0.1, 0.15) is 0 Å². The number of carbonyl (C=O) groups is 1. The van der Waals surface area contributed by atoms with Crippen LogP contribution in [0.3, 0.4) is 0 Å². The molecule has 1 saturated heterocycles. The fraction of sp³-hybridized carbons (Fsp3) is 0.450. The van der Waals surface area contributed by atoms with Crippen LogP contribution in [0.1, 0.15) is 25.3 Å². The Morgan fingerprint density at radius 1 is 1.33 bits per heavy atom. The molecule has 1 N–H and O–H groups in total. The van der Waals surface area contributed by atoms with Crippen LogP contribution in [0.5, 0.6) is 0 Å². The van der Waals surface area contributed by atoms with Gasteiger partial charge in [-0.2, -0.15) is 5.10 Å². The van der Waals surface area contributed by atoms with Crippen molar-refractivity contribution in [1.82, 2.24) is 20.0 Å². The number of esters is 1. The van der Waals surface area contributed by atoms with Gasteiger partial charge in [-0.05, 0) is 43.5 Å².